The topological polar surface area (TPSA) is 80.5 Å². The molecule has 7 heteroatoms. The minimum atomic E-state index is -0.380. The Morgan fingerprint density at radius 3 is 2.72 bits per heavy atom. The largest absolute Gasteiger partial charge is 0.508 e. The zero-order valence-corrected chi connectivity index (χ0v) is 16.4. The Labute approximate surface area is 169 Å². The molecule has 150 valence electrons. The van der Waals surface area contributed by atoms with Gasteiger partial charge in [-0.15, -0.1) is 0 Å². The maximum absolute atomic E-state index is 12.5. The van der Waals surface area contributed by atoms with Crippen molar-refractivity contribution in [2.45, 2.75) is 33.0 Å². The number of hydrogen-bond acceptors (Lipinski definition) is 6. The molecule has 29 heavy (non-hydrogen) atoms. The van der Waals surface area contributed by atoms with Crippen molar-refractivity contribution < 1.29 is 14.6 Å². The first kappa shape index (κ1) is 19.1. The molecule has 1 aliphatic heterocycles. The Hall–Kier alpha value is -3.19. The minimum absolute atomic E-state index is 0.259. The summed E-state index contributed by atoms with van der Waals surface area (Å²) in [6.07, 6.45) is 2.56. The number of phenols is 1. The summed E-state index contributed by atoms with van der Waals surface area (Å²) in [4.78, 5) is 19.2. The number of rotatable bonds is 6. The van der Waals surface area contributed by atoms with Crippen molar-refractivity contribution in [2.75, 3.05) is 13.2 Å². The number of fused-ring (bicyclic) bond motifs is 1. The molecule has 0 aliphatic carbocycles. The summed E-state index contributed by atoms with van der Waals surface area (Å²) in [7, 11) is 0. The lowest BCUT2D eigenvalue weighted by Gasteiger charge is -2.27. The lowest BCUT2D eigenvalue weighted by atomic mass is 10.0. The van der Waals surface area contributed by atoms with Gasteiger partial charge in [0.2, 0.25) is 0 Å². The lowest BCUT2D eigenvalue weighted by molar-refractivity contribution is 0.0515. The normalized spacial score (nSPS) is 13.8. The monoisotopic (exact) mass is 392 g/mol. The summed E-state index contributed by atoms with van der Waals surface area (Å²) in [5, 5.41) is 14.1. The van der Waals surface area contributed by atoms with Crippen LogP contribution in [-0.2, 0) is 30.8 Å². The fourth-order valence-electron chi connectivity index (χ4n) is 3.68. The standard InChI is InChI=1S/C22H24N4O3/c1-2-29-22(28)21-19-15-25(13-16-6-8-18(27)9-7-16)12-10-20(19)26(24-21)14-17-5-3-4-11-23-17/h3-9,11,27H,2,10,12-15H2,1H3. The van der Waals surface area contributed by atoms with Crippen molar-refractivity contribution in [1.29, 1.82) is 0 Å². The van der Waals surface area contributed by atoms with E-state index in [1.54, 1.807) is 25.3 Å². The van der Waals surface area contributed by atoms with Crippen LogP contribution in [0.2, 0.25) is 0 Å². The molecule has 1 N–H and O–H groups in total. The van der Waals surface area contributed by atoms with E-state index in [1.807, 2.05) is 35.0 Å². The number of hydrogen-bond donors (Lipinski definition) is 1. The van der Waals surface area contributed by atoms with Crippen LogP contribution in [0.5, 0.6) is 5.75 Å². The lowest BCUT2D eigenvalue weighted by Crippen LogP contribution is -2.31. The van der Waals surface area contributed by atoms with Crippen LogP contribution < -0.4 is 0 Å². The number of ether oxygens (including phenoxy) is 1. The number of nitrogens with zero attached hydrogens (tertiary/aromatic N) is 4. The van der Waals surface area contributed by atoms with Crippen LogP contribution in [0.25, 0.3) is 0 Å². The van der Waals surface area contributed by atoms with E-state index in [-0.39, 0.29) is 11.7 Å². The molecule has 4 rings (SSSR count). The Kier molecular flexibility index (Phi) is 5.57. The van der Waals surface area contributed by atoms with Crippen LogP contribution in [0, 0.1) is 0 Å². The predicted molar refractivity (Wildman–Crippen MR) is 107 cm³/mol. The summed E-state index contributed by atoms with van der Waals surface area (Å²) >= 11 is 0. The number of aromatic nitrogens is 3. The fourth-order valence-corrected chi connectivity index (χ4v) is 3.68. The summed E-state index contributed by atoms with van der Waals surface area (Å²) < 4.78 is 7.14. The highest BCUT2D eigenvalue weighted by Crippen LogP contribution is 2.25. The number of esters is 1. The van der Waals surface area contributed by atoms with Crippen LogP contribution >= 0.6 is 0 Å². The van der Waals surface area contributed by atoms with Gasteiger partial charge >= 0.3 is 5.97 Å². The summed E-state index contributed by atoms with van der Waals surface area (Å²) in [5.74, 6) is -0.120. The van der Waals surface area contributed by atoms with Crippen LogP contribution in [0.3, 0.4) is 0 Å². The molecule has 7 nitrogen and oxygen atoms in total. The second-order valence-corrected chi connectivity index (χ2v) is 7.10. The number of aromatic hydroxyl groups is 1. The van der Waals surface area contributed by atoms with Crippen LogP contribution in [-0.4, -0.2) is 43.9 Å². The van der Waals surface area contributed by atoms with Crippen molar-refractivity contribution in [2.24, 2.45) is 0 Å². The van der Waals surface area contributed by atoms with Gasteiger partial charge in [-0.1, -0.05) is 18.2 Å². The first-order chi connectivity index (χ1) is 14.1. The highest BCUT2D eigenvalue weighted by molar-refractivity contribution is 5.89. The van der Waals surface area contributed by atoms with Crippen LogP contribution in [0.1, 0.15) is 39.9 Å². The molecule has 0 fully saturated rings. The molecule has 0 radical (unpaired) electrons. The van der Waals surface area contributed by atoms with Gasteiger partial charge in [0.1, 0.15) is 5.75 Å². The highest BCUT2D eigenvalue weighted by atomic mass is 16.5. The molecular formula is C22H24N4O3. The third kappa shape index (κ3) is 4.30. The van der Waals surface area contributed by atoms with E-state index >= 15 is 0 Å². The fraction of sp³-hybridized carbons (Fsp3) is 0.318. The molecule has 3 heterocycles. The van der Waals surface area contributed by atoms with Crippen molar-refractivity contribution in [3.05, 3.63) is 76.9 Å². The second kappa shape index (κ2) is 8.45. The van der Waals surface area contributed by atoms with Gasteiger partial charge in [0.25, 0.3) is 0 Å². The Balaban J connectivity index is 1.60. The van der Waals surface area contributed by atoms with Crippen molar-refractivity contribution in [1.82, 2.24) is 19.7 Å². The predicted octanol–water partition coefficient (Wildman–Crippen LogP) is 2.77. The molecule has 0 bridgehead atoms. The van der Waals surface area contributed by atoms with E-state index in [2.05, 4.69) is 15.0 Å². The number of pyridine rings is 1. The van der Waals surface area contributed by atoms with Crippen LogP contribution in [0.4, 0.5) is 0 Å². The maximum Gasteiger partial charge on any atom is 0.359 e. The van der Waals surface area contributed by atoms with E-state index in [0.717, 1.165) is 42.0 Å². The van der Waals surface area contributed by atoms with E-state index in [9.17, 15) is 9.90 Å². The molecule has 0 saturated carbocycles. The molecule has 0 spiro atoms. The SMILES string of the molecule is CCOC(=O)c1nn(Cc2ccccn2)c2c1CN(Cc1ccc(O)cc1)CC2. The first-order valence-corrected chi connectivity index (χ1v) is 9.80. The van der Waals surface area contributed by atoms with Gasteiger partial charge in [0, 0.05) is 43.5 Å². The number of carbonyl (C=O) groups is 1. The molecular weight excluding hydrogens is 368 g/mol. The smallest absolute Gasteiger partial charge is 0.359 e. The van der Waals surface area contributed by atoms with E-state index in [4.69, 9.17) is 4.74 Å². The van der Waals surface area contributed by atoms with Gasteiger partial charge in [0.05, 0.1) is 18.8 Å². The Bertz CT molecular complexity index is 983. The van der Waals surface area contributed by atoms with Crippen molar-refractivity contribution >= 4 is 5.97 Å². The molecule has 2 aromatic heterocycles. The Morgan fingerprint density at radius 1 is 1.17 bits per heavy atom. The van der Waals surface area contributed by atoms with Gasteiger partial charge in [-0.3, -0.25) is 14.6 Å². The first-order valence-electron chi connectivity index (χ1n) is 9.80. The quantitative estimate of drug-likeness (QED) is 0.650. The average molecular weight is 392 g/mol. The van der Waals surface area contributed by atoms with Gasteiger partial charge in [-0.2, -0.15) is 5.10 Å². The average Bonchev–Trinajstić information content (AvgIpc) is 3.08. The second-order valence-electron chi connectivity index (χ2n) is 7.10. The summed E-state index contributed by atoms with van der Waals surface area (Å²) in [5.41, 5.74) is 4.42. The number of carbonyl (C=O) groups excluding carboxylic acids is 1. The summed E-state index contributed by atoms with van der Waals surface area (Å²) in [6.45, 7) is 4.88. The molecule has 0 unspecified atom stereocenters. The van der Waals surface area contributed by atoms with E-state index in [1.165, 1.54) is 0 Å². The maximum atomic E-state index is 12.5. The minimum Gasteiger partial charge on any atom is -0.508 e. The number of benzene rings is 1. The molecule has 0 saturated heterocycles. The summed E-state index contributed by atoms with van der Waals surface area (Å²) in [6, 6.07) is 13.0. The van der Waals surface area contributed by atoms with Crippen LogP contribution in [0.15, 0.2) is 48.7 Å². The van der Waals surface area contributed by atoms with Gasteiger partial charge in [-0.05, 0) is 36.8 Å². The zero-order valence-electron chi connectivity index (χ0n) is 16.4. The molecule has 3 aromatic rings. The van der Waals surface area contributed by atoms with Gasteiger partial charge in [-0.25, -0.2) is 4.79 Å². The molecule has 1 aliphatic rings. The third-order valence-corrected chi connectivity index (χ3v) is 5.06. The van der Waals surface area contributed by atoms with E-state index < -0.39 is 0 Å². The molecule has 1 aromatic carbocycles. The van der Waals surface area contributed by atoms with Gasteiger partial charge in [0.15, 0.2) is 5.69 Å². The zero-order chi connectivity index (χ0) is 20.2. The molecule has 0 atom stereocenters. The highest BCUT2D eigenvalue weighted by Gasteiger charge is 2.29. The van der Waals surface area contributed by atoms with E-state index in [0.29, 0.717) is 25.4 Å². The number of phenolic OH excluding ortho intramolecular Hbond substituents is 1. The molecule has 0 amide bonds. The Morgan fingerprint density at radius 2 is 2.00 bits per heavy atom. The van der Waals surface area contributed by atoms with Crippen molar-refractivity contribution in [3.63, 3.8) is 0 Å². The third-order valence-electron chi connectivity index (χ3n) is 5.06. The van der Waals surface area contributed by atoms with Crippen molar-refractivity contribution in [3.8, 4) is 5.75 Å². The van der Waals surface area contributed by atoms with Gasteiger partial charge < -0.3 is 9.84 Å².